The van der Waals surface area contributed by atoms with Crippen molar-refractivity contribution in [1.29, 1.82) is 0 Å². The van der Waals surface area contributed by atoms with Crippen molar-refractivity contribution in [2.24, 2.45) is 0 Å². The smallest absolute Gasteiger partial charge is 0.252 e. The third kappa shape index (κ3) is 3.40. The molecule has 2 aromatic rings. The number of rotatable bonds is 3. The fourth-order valence-electron chi connectivity index (χ4n) is 1.79. The Bertz CT molecular complexity index is 698. The van der Waals surface area contributed by atoms with E-state index in [9.17, 15) is 9.59 Å². The second kappa shape index (κ2) is 6.11. The van der Waals surface area contributed by atoms with E-state index in [0.29, 0.717) is 15.6 Å². The average Bonchev–Trinajstić information content (AvgIpc) is 2.41. The van der Waals surface area contributed by atoms with E-state index >= 15 is 0 Å². The predicted octanol–water partition coefficient (Wildman–Crippen LogP) is 3.17. The molecule has 1 amide bonds. The fraction of sp³-hybridized carbons (Fsp3) is 0.143. The van der Waals surface area contributed by atoms with Gasteiger partial charge in [0.2, 0.25) is 5.56 Å². The topological polar surface area (TPSA) is 62.0 Å². The van der Waals surface area contributed by atoms with Crippen LogP contribution in [0.1, 0.15) is 28.9 Å². The largest absolute Gasteiger partial charge is 0.345 e. The molecule has 4 nitrogen and oxygen atoms in total. The molecular formula is C14H12Cl2N2O2. The number of hydrogen-bond acceptors (Lipinski definition) is 2. The minimum absolute atomic E-state index is 0.291. The van der Waals surface area contributed by atoms with Crippen LogP contribution in [-0.4, -0.2) is 10.9 Å². The van der Waals surface area contributed by atoms with Gasteiger partial charge < -0.3 is 10.3 Å². The number of pyridine rings is 1. The highest BCUT2D eigenvalue weighted by Crippen LogP contribution is 2.26. The van der Waals surface area contributed by atoms with Gasteiger partial charge in [0, 0.05) is 27.9 Å². The van der Waals surface area contributed by atoms with Crippen molar-refractivity contribution in [3.8, 4) is 0 Å². The van der Waals surface area contributed by atoms with Crippen LogP contribution in [-0.2, 0) is 0 Å². The van der Waals surface area contributed by atoms with Crippen molar-refractivity contribution in [2.45, 2.75) is 13.0 Å². The van der Waals surface area contributed by atoms with Gasteiger partial charge in [-0.05, 0) is 36.8 Å². The Balaban J connectivity index is 2.19. The zero-order chi connectivity index (χ0) is 14.7. The van der Waals surface area contributed by atoms with Gasteiger partial charge in [-0.3, -0.25) is 9.59 Å². The highest BCUT2D eigenvalue weighted by atomic mass is 35.5. The summed E-state index contributed by atoms with van der Waals surface area (Å²) in [4.78, 5) is 25.7. The zero-order valence-corrected chi connectivity index (χ0v) is 12.1. The minimum Gasteiger partial charge on any atom is -0.345 e. The summed E-state index contributed by atoms with van der Waals surface area (Å²) in [5.41, 5.74) is 0.683. The van der Waals surface area contributed by atoms with E-state index in [1.807, 2.05) is 0 Å². The first-order chi connectivity index (χ1) is 9.47. The van der Waals surface area contributed by atoms with Gasteiger partial charge in [0.05, 0.1) is 6.04 Å². The van der Waals surface area contributed by atoms with Gasteiger partial charge >= 0.3 is 0 Å². The summed E-state index contributed by atoms with van der Waals surface area (Å²) < 4.78 is 0. The molecule has 0 fully saturated rings. The third-order valence-corrected chi connectivity index (χ3v) is 3.39. The predicted molar refractivity (Wildman–Crippen MR) is 79.4 cm³/mol. The number of carbonyl (C=O) groups excluding carboxylic acids is 1. The summed E-state index contributed by atoms with van der Waals surface area (Å²) in [5.74, 6) is -0.348. The van der Waals surface area contributed by atoms with Gasteiger partial charge in [-0.2, -0.15) is 0 Å². The molecule has 0 aliphatic heterocycles. The average molecular weight is 311 g/mol. The van der Waals surface area contributed by atoms with E-state index in [1.54, 1.807) is 25.1 Å². The number of nitrogens with one attached hydrogen (secondary N) is 2. The Morgan fingerprint density at radius 2 is 2.00 bits per heavy atom. The van der Waals surface area contributed by atoms with Crippen LogP contribution in [0.3, 0.4) is 0 Å². The molecule has 0 saturated carbocycles. The monoisotopic (exact) mass is 310 g/mol. The Kier molecular flexibility index (Phi) is 4.47. The summed E-state index contributed by atoms with van der Waals surface area (Å²) in [7, 11) is 0. The molecule has 0 spiro atoms. The Labute approximate surface area is 125 Å². The van der Waals surface area contributed by atoms with Gasteiger partial charge in [-0.1, -0.05) is 23.2 Å². The molecular weight excluding hydrogens is 299 g/mol. The van der Waals surface area contributed by atoms with Crippen molar-refractivity contribution >= 4 is 29.1 Å². The van der Waals surface area contributed by atoms with E-state index in [2.05, 4.69) is 10.3 Å². The third-order valence-electron chi connectivity index (χ3n) is 2.81. The van der Waals surface area contributed by atoms with E-state index in [4.69, 9.17) is 23.2 Å². The molecule has 2 N–H and O–H groups in total. The summed E-state index contributed by atoms with van der Waals surface area (Å²) in [6, 6.07) is 7.50. The van der Waals surface area contributed by atoms with Crippen LogP contribution in [0.4, 0.5) is 0 Å². The van der Waals surface area contributed by atoms with Crippen LogP contribution in [0.25, 0.3) is 0 Å². The molecule has 6 heteroatoms. The first-order valence-electron chi connectivity index (χ1n) is 5.92. The molecule has 104 valence electrons. The number of aromatic amines is 1. The number of aromatic nitrogens is 1. The SMILES string of the molecule is C[C@H](NC(=O)c1cc[nH]c(=O)c1)c1cc(Cl)ccc1Cl. The number of carbonyl (C=O) groups is 1. The lowest BCUT2D eigenvalue weighted by Gasteiger charge is -2.16. The van der Waals surface area contributed by atoms with Gasteiger partial charge in [0.25, 0.3) is 5.91 Å². The highest BCUT2D eigenvalue weighted by molar-refractivity contribution is 6.33. The molecule has 0 aliphatic rings. The van der Waals surface area contributed by atoms with Crippen LogP contribution in [0.2, 0.25) is 10.0 Å². The Morgan fingerprint density at radius 3 is 2.70 bits per heavy atom. The normalized spacial score (nSPS) is 11.9. The lowest BCUT2D eigenvalue weighted by atomic mass is 10.1. The van der Waals surface area contributed by atoms with Crippen molar-refractivity contribution in [1.82, 2.24) is 10.3 Å². The standard InChI is InChI=1S/C14H12Cl2N2O2/c1-8(11-7-10(15)2-3-12(11)16)18-14(20)9-4-5-17-13(19)6-9/h2-8H,1H3,(H,17,19)(H,18,20)/t8-/m0/s1. The molecule has 20 heavy (non-hydrogen) atoms. The maximum absolute atomic E-state index is 12.0. The van der Waals surface area contributed by atoms with E-state index in [-0.39, 0.29) is 17.5 Å². The molecule has 1 aromatic heterocycles. The number of amides is 1. The van der Waals surface area contributed by atoms with Crippen molar-refractivity contribution < 1.29 is 4.79 Å². The van der Waals surface area contributed by atoms with Crippen molar-refractivity contribution in [3.05, 3.63) is 68.1 Å². The van der Waals surface area contributed by atoms with Gasteiger partial charge in [0.15, 0.2) is 0 Å². The fourth-order valence-corrected chi connectivity index (χ4v) is 2.25. The number of halogens is 2. The zero-order valence-electron chi connectivity index (χ0n) is 10.6. The van der Waals surface area contributed by atoms with Gasteiger partial charge in [-0.15, -0.1) is 0 Å². The van der Waals surface area contributed by atoms with Crippen LogP contribution >= 0.6 is 23.2 Å². The second-order valence-electron chi connectivity index (χ2n) is 4.30. The first kappa shape index (κ1) is 14.6. The lowest BCUT2D eigenvalue weighted by molar-refractivity contribution is 0.0939. The molecule has 0 saturated heterocycles. The van der Waals surface area contributed by atoms with Crippen molar-refractivity contribution in [3.63, 3.8) is 0 Å². The van der Waals surface area contributed by atoms with Crippen LogP contribution in [0.5, 0.6) is 0 Å². The second-order valence-corrected chi connectivity index (χ2v) is 5.15. The Morgan fingerprint density at radius 1 is 1.25 bits per heavy atom. The molecule has 1 atom stereocenters. The molecule has 2 rings (SSSR count). The molecule has 0 radical (unpaired) electrons. The minimum atomic E-state index is -0.348. The highest BCUT2D eigenvalue weighted by Gasteiger charge is 2.14. The van der Waals surface area contributed by atoms with E-state index < -0.39 is 0 Å². The summed E-state index contributed by atoms with van der Waals surface area (Å²) in [6.45, 7) is 1.79. The Hall–Kier alpha value is -1.78. The first-order valence-corrected chi connectivity index (χ1v) is 6.67. The number of benzene rings is 1. The van der Waals surface area contributed by atoms with E-state index in [0.717, 1.165) is 5.56 Å². The van der Waals surface area contributed by atoms with Gasteiger partial charge in [0.1, 0.15) is 0 Å². The summed E-state index contributed by atoms with van der Waals surface area (Å²) >= 11 is 12.0. The quantitative estimate of drug-likeness (QED) is 0.914. The molecule has 0 aliphatic carbocycles. The van der Waals surface area contributed by atoms with Crippen LogP contribution in [0, 0.1) is 0 Å². The summed E-state index contributed by atoms with van der Waals surface area (Å²) in [5, 5.41) is 3.84. The van der Waals surface area contributed by atoms with Crippen LogP contribution < -0.4 is 10.9 Å². The number of H-pyrrole nitrogens is 1. The van der Waals surface area contributed by atoms with Gasteiger partial charge in [-0.25, -0.2) is 0 Å². The van der Waals surface area contributed by atoms with Crippen molar-refractivity contribution in [2.75, 3.05) is 0 Å². The summed E-state index contributed by atoms with van der Waals surface area (Å²) in [6.07, 6.45) is 1.42. The lowest BCUT2D eigenvalue weighted by Crippen LogP contribution is -2.27. The molecule has 1 heterocycles. The van der Waals surface area contributed by atoms with E-state index in [1.165, 1.54) is 18.3 Å². The van der Waals surface area contributed by atoms with Crippen LogP contribution in [0.15, 0.2) is 41.3 Å². The molecule has 1 aromatic carbocycles. The maximum Gasteiger partial charge on any atom is 0.252 e. The number of hydrogen-bond donors (Lipinski definition) is 2. The molecule has 0 bridgehead atoms. The maximum atomic E-state index is 12.0. The molecule has 0 unspecified atom stereocenters.